The number of hydrogen-bond donors (Lipinski definition) is 0. The molecule has 1 heterocycles. The van der Waals surface area contributed by atoms with Crippen LogP contribution in [0.15, 0.2) is 36.4 Å². The van der Waals surface area contributed by atoms with Crippen molar-refractivity contribution in [2.75, 3.05) is 0 Å². The molecule has 0 bridgehead atoms. The van der Waals surface area contributed by atoms with Crippen molar-refractivity contribution in [3.63, 3.8) is 0 Å². The summed E-state index contributed by atoms with van der Waals surface area (Å²) in [4.78, 5) is 3.90. The van der Waals surface area contributed by atoms with Gasteiger partial charge in [0, 0.05) is 17.1 Å². The Balaban J connectivity index is 2.30. The summed E-state index contributed by atoms with van der Waals surface area (Å²) >= 11 is 11.4. The predicted molar refractivity (Wildman–Crippen MR) is 68.5 cm³/mol. The molecule has 0 amide bonds. The van der Waals surface area contributed by atoms with E-state index in [1.54, 1.807) is 24.3 Å². The second kappa shape index (κ2) is 5.39. The first-order valence-corrected chi connectivity index (χ1v) is 6.08. The van der Waals surface area contributed by atoms with Gasteiger partial charge in [-0.3, -0.25) is 0 Å². The van der Waals surface area contributed by atoms with Gasteiger partial charge in [0.05, 0.1) is 5.56 Å². The van der Waals surface area contributed by atoms with Gasteiger partial charge in [0.15, 0.2) is 0 Å². The predicted octanol–water partition coefficient (Wildman–Crippen LogP) is 5.00. The van der Waals surface area contributed by atoms with Gasteiger partial charge in [0.2, 0.25) is 0 Å². The van der Waals surface area contributed by atoms with Crippen molar-refractivity contribution < 1.29 is 13.2 Å². The lowest BCUT2D eigenvalue weighted by atomic mass is 10.1. The van der Waals surface area contributed by atoms with E-state index in [9.17, 15) is 13.2 Å². The molecule has 0 N–H and O–H groups in total. The third-order valence-corrected chi connectivity index (χ3v) is 2.92. The third kappa shape index (κ3) is 3.85. The molecule has 0 aliphatic rings. The summed E-state index contributed by atoms with van der Waals surface area (Å²) in [5.74, 6) is 0. The first kappa shape index (κ1) is 14.2. The van der Waals surface area contributed by atoms with Crippen molar-refractivity contribution in [2.45, 2.75) is 12.6 Å². The smallest absolute Gasteiger partial charge is 0.241 e. The largest absolute Gasteiger partial charge is 0.416 e. The maximum atomic E-state index is 12.6. The highest BCUT2D eigenvalue weighted by Crippen LogP contribution is 2.31. The van der Waals surface area contributed by atoms with Gasteiger partial charge in [-0.2, -0.15) is 13.2 Å². The molecule has 0 saturated heterocycles. The molecule has 1 aromatic carbocycles. The molecule has 6 heteroatoms. The number of aromatic nitrogens is 1. The molecular formula is C13H8Cl2F3N. The van der Waals surface area contributed by atoms with E-state index in [-0.39, 0.29) is 17.3 Å². The Bertz CT molecular complexity index is 579. The van der Waals surface area contributed by atoms with Crippen LogP contribution in [0.1, 0.15) is 16.8 Å². The topological polar surface area (TPSA) is 12.9 Å². The molecule has 0 aliphatic carbocycles. The van der Waals surface area contributed by atoms with Crippen LogP contribution in [0.3, 0.4) is 0 Å². The van der Waals surface area contributed by atoms with Gasteiger partial charge in [-0.05, 0) is 29.8 Å². The van der Waals surface area contributed by atoms with Crippen LogP contribution in [0, 0.1) is 0 Å². The minimum Gasteiger partial charge on any atom is -0.241 e. The first-order valence-electron chi connectivity index (χ1n) is 5.33. The monoisotopic (exact) mass is 305 g/mol. The standard InChI is InChI=1S/C13H8Cl2F3N/c14-10-3-1-8(2-4-10)5-11-6-9(13(16,17)18)7-12(15)19-11/h1-4,6-7H,5H2. The van der Waals surface area contributed by atoms with Gasteiger partial charge in [0.1, 0.15) is 5.15 Å². The van der Waals surface area contributed by atoms with E-state index in [2.05, 4.69) is 4.98 Å². The van der Waals surface area contributed by atoms with Gasteiger partial charge in [-0.15, -0.1) is 0 Å². The Hall–Kier alpha value is -1.26. The second-order valence-electron chi connectivity index (χ2n) is 3.97. The number of halogens is 5. The van der Waals surface area contributed by atoms with E-state index in [1.807, 2.05) is 0 Å². The molecule has 0 atom stereocenters. The van der Waals surface area contributed by atoms with E-state index >= 15 is 0 Å². The van der Waals surface area contributed by atoms with Crippen LogP contribution in [0.5, 0.6) is 0 Å². The van der Waals surface area contributed by atoms with Crippen LogP contribution in [-0.2, 0) is 12.6 Å². The number of rotatable bonds is 2. The normalized spacial score (nSPS) is 11.6. The summed E-state index contributed by atoms with van der Waals surface area (Å²) in [6.07, 6.45) is -4.16. The Morgan fingerprint density at radius 1 is 1.00 bits per heavy atom. The molecule has 100 valence electrons. The fourth-order valence-corrected chi connectivity index (χ4v) is 1.97. The molecule has 2 rings (SSSR count). The molecule has 0 radical (unpaired) electrons. The third-order valence-electron chi connectivity index (χ3n) is 2.47. The van der Waals surface area contributed by atoms with Crippen molar-refractivity contribution in [3.8, 4) is 0 Å². The summed E-state index contributed by atoms with van der Waals surface area (Å²) in [6.45, 7) is 0. The minimum absolute atomic E-state index is 0.168. The van der Waals surface area contributed by atoms with Crippen LogP contribution >= 0.6 is 23.2 Å². The zero-order valence-electron chi connectivity index (χ0n) is 9.51. The van der Waals surface area contributed by atoms with E-state index in [0.717, 1.165) is 17.7 Å². The fourth-order valence-electron chi connectivity index (χ4n) is 1.62. The number of pyridine rings is 1. The highest BCUT2D eigenvalue weighted by Gasteiger charge is 2.31. The zero-order chi connectivity index (χ0) is 14.0. The summed E-state index contributed by atoms with van der Waals surface area (Å²) in [5, 5.41) is 0.401. The Morgan fingerprint density at radius 2 is 1.63 bits per heavy atom. The van der Waals surface area contributed by atoms with Crippen LogP contribution in [0.4, 0.5) is 13.2 Å². The average molecular weight is 306 g/mol. The summed E-state index contributed by atoms with van der Waals surface area (Å²) < 4.78 is 37.9. The van der Waals surface area contributed by atoms with Gasteiger partial charge in [-0.1, -0.05) is 35.3 Å². The van der Waals surface area contributed by atoms with Crippen molar-refractivity contribution in [2.24, 2.45) is 0 Å². The van der Waals surface area contributed by atoms with Gasteiger partial charge in [-0.25, -0.2) is 4.98 Å². The highest BCUT2D eigenvalue weighted by atomic mass is 35.5. The van der Waals surface area contributed by atoms with Crippen molar-refractivity contribution in [1.82, 2.24) is 4.98 Å². The number of benzene rings is 1. The highest BCUT2D eigenvalue weighted by molar-refractivity contribution is 6.30. The Labute approximate surface area is 118 Å². The quantitative estimate of drug-likeness (QED) is 0.712. The first-order chi connectivity index (χ1) is 8.84. The molecule has 0 spiro atoms. The van der Waals surface area contributed by atoms with Crippen LogP contribution in [0.2, 0.25) is 10.2 Å². The number of nitrogens with zero attached hydrogens (tertiary/aromatic N) is 1. The van der Waals surface area contributed by atoms with E-state index in [4.69, 9.17) is 23.2 Å². The summed E-state index contributed by atoms with van der Waals surface area (Å²) in [7, 11) is 0. The molecule has 0 unspecified atom stereocenters. The minimum atomic E-state index is -4.43. The van der Waals surface area contributed by atoms with E-state index in [0.29, 0.717) is 5.02 Å². The summed E-state index contributed by atoms with van der Waals surface area (Å²) in [6, 6.07) is 8.63. The zero-order valence-corrected chi connectivity index (χ0v) is 11.0. The van der Waals surface area contributed by atoms with Gasteiger partial charge >= 0.3 is 6.18 Å². The fraction of sp³-hybridized carbons (Fsp3) is 0.154. The SMILES string of the molecule is FC(F)(F)c1cc(Cl)nc(Cc2ccc(Cl)cc2)c1. The molecule has 1 nitrogen and oxygen atoms in total. The maximum Gasteiger partial charge on any atom is 0.416 e. The van der Waals surface area contributed by atoms with Gasteiger partial charge < -0.3 is 0 Å². The average Bonchev–Trinajstić information content (AvgIpc) is 2.30. The van der Waals surface area contributed by atoms with E-state index in [1.165, 1.54) is 0 Å². The van der Waals surface area contributed by atoms with Crippen LogP contribution < -0.4 is 0 Å². The van der Waals surface area contributed by atoms with Crippen molar-refractivity contribution in [3.05, 3.63) is 63.4 Å². The van der Waals surface area contributed by atoms with Crippen LogP contribution in [-0.4, -0.2) is 4.98 Å². The van der Waals surface area contributed by atoms with Gasteiger partial charge in [0.25, 0.3) is 0 Å². The molecule has 0 fully saturated rings. The molecule has 0 saturated carbocycles. The van der Waals surface area contributed by atoms with Crippen molar-refractivity contribution in [1.29, 1.82) is 0 Å². The number of hydrogen-bond acceptors (Lipinski definition) is 1. The summed E-state index contributed by atoms with van der Waals surface area (Å²) in [5.41, 5.74) is 0.283. The Morgan fingerprint density at radius 3 is 2.21 bits per heavy atom. The second-order valence-corrected chi connectivity index (χ2v) is 4.79. The molecule has 19 heavy (non-hydrogen) atoms. The Kier molecular flexibility index (Phi) is 4.02. The number of alkyl halides is 3. The molecule has 0 aliphatic heterocycles. The van der Waals surface area contributed by atoms with Crippen molar-refractivity contribution >= 4 is 23.2 Å². The van der Waals surface area contributed by atoms with E-state index < -0.39 is 11.7 Å². The molecular weight excluding hydrogens is 298 g/mol. The lowest BCUT2D eigenvalue weighted by Crippen LogP contribution is -2.07. The van der Waals surface area contributed by atoms with Crippen LogP contribution in [0.25, 0.3) is 0 Å². The lowest BCUT2D eigenvalue weighted by Gasteiger charge is -2.09. The maximum absolute atomic E-state index is 12.6. The molecule has 2 aromatic rings. The molecule has 1 aromatic heterocycles. The lowest BCUT2D eigenvalue weighted by molar-refractivity contribution is -0.137.